The molecule has 0 unspecified atom stereocenters. The van der Waals surface area contributed by atoms with Crippen LogP contribution in [0.25, 0.3) is 0 Å². The Labute approximate surface area is 170 Å². The Morgan fingerprint density at radius 3 is 2.59 bits per heavy atom. The number of hydrogen-bond donors (Lipinski definition) is 0. The van der Waals surface area contributed by atoms with Gasteiger partial charge in [-0.25, -0.2) is 4.79 Å². The third-order valence-electron chi connectivity index (χ3n) is 4.44. The lowest BCUT2D eigenvalue weighted by Crippen LogP contribution is -2.37. The van der Waals surface area contributed by atoms with Crippen molar-refractivity contribution in [2.24, 2.45) is 11.8 Å². The van der Waals surface area contributed by atoms with E-state index in [1.54, 1.807) is 4.90 Å². The van der Waals surface area contributed by atoms with Gasteiger partial charge in [0.1, 0.15) is 5.60 Å². The molecule has 0 aromatic heterocycles. The van der Waals surface area contributed by atoms with Gasteiger partial charge in [-0.05, 0) is 71.1 Å². The fourth-order valence-corrected chi connectivity index (χ4v) is 3.73. The fourth-order valence-electron chi connectivity index (χ4n) is 3.29. The lowest BCUT2D eigenvalue weighted by atomic mass is 9.86. The van der Waals surface area contributed by atoms with Gasteiger partial charge < -0.3 is 14.4 Å². The van der Waals surface area contributed by atoms with Gasteiger partial charge in [0.15, 0.2) is 0 Å². The first-order valence-corrected chi connectivity index (χ1v) is 10.3. The Kier molecular flexibility index (Phi) is 7.32. The molecule has 150 valence electrons. The van der Waals surface area contributed by atoms with Gasteiger partial charge >= 0.3 is 12.1 Å². The van der Waals surface area contributed by atoms with E-state index in [1.165, 1.54) is 0 Å². The van der Waals surface area contributed by atoms with E-state index in [1.807, 2.05) is 58.9 Å². The van der Waals surface area contributed by atoms with Crippen molar-refractivity contribution < 1.29 is 19.1 Å². The van der Waals surface area contributed by atoms with Crippen LogP contribution in [-0.2, 0) is 20.7 Å². The minimum Gasteiger partial charge on any atom is -0.463 e. The maximum Gasteiger partial charge on any atom is 0.410 e. The minimum atomic E-state index is -0.526. The summed E-state index contributed by atoms with van der Waals surface area (Å²) < 4.78 is 12.0. The molecule has 2 atom stereocenters. The molecule has 5 nitrogen and oxygen atoms in total. The van der Waals surface area contributed by atoms with Crippen molar-refractivity contribution in [1.82, 2.24) is 4.90 Å². The number of nitrogens with zero attached hydrogens (tertiary/aromatic N) is 1. The SMILES string of the molecule is CC(C)OC(=O)[C@@H](Cc1cccc(Br)c1)[C@H]1CCN(C(=O)OC(C)(C)C)C1. The molecule has 0 aliphatic carbocycles. The van der Waals surface area contributed by atoms with Gasteiger partial charge in [0.25, 0.3) is 0 Å². The highest BCUT2D eigenvalue weighted by Crippen LogP contribution is 2.30. The van der Waals surface area contributed by atoms with E-state index < -0.39 is 5.60 Å². The molecule has 1 aromatic carbocycles. The van der Waals surface area contributed by atoms with Gasteiger partial charge in [-0.1, -0.05) is 28.1 Å². The molecule has 0 spiro atoms. The van der Waals surface area contributed by atoms with E-state index in [2.05, 4.69) is 15.9 Å². The first-order valence-electron chi connectivity index (χ1n) is 9.48. The second-order valence-electron chi connectivity index (χ2n) is 8.40. The van der Waals surface area contributed by atoms with Crippen molar-refractivity contribution in [3.05, 3.63) is 34.3 Å². The van der Waals surface area contributed by atoms with Crippen LogP contribution >= 0.6 is 15.9 Å². The van der Waals surface area contributed by atoms with Crippen molar-refractivity contribution in [3.8, 4) is 0 Å². The second kappa shape index (κ2) is 9.09. The van der Waals surface area contributed by atoms with Crippen LogP contribution < -0.4 is 0 Å². The number of carbonyl (C=O) groups is 2. The molecule has 1 fully saturated rings. The van der Waals surface area contributed by atoms with Crippen molar-refractivity contribution in [2.75, 3.05) is 13.1 Å². The molecule has 2 rings (SSSR count). The van der Waals surface area contributed by atoms with Crippen LogP contribution in [-0.4, -0.2) is 41.8 Å². The molecule has 1 aromatic rings. The van der Waals surface area contributed by atoms with Crippen LogP contribution in [0.4, 0.5) is 4.79 Å². The number of ether oxygens (including phenoxy) is 2. The number of benzene rings is 1. The van der Waals surface area contributed by atoms with Crippen LogP contribution in [0.2, 0.25) is 0 Å². The molecule has 1 saturated heterocycles. The lowest BCUT2D eigenvalue weighted by Gasteiger charge is -2.26. The summed E-state index contributed by atoms with van der Waals surface area (Å²) in [4.78, 5) is 26.8. The lowest BCUT2D eigenvalue weighted by molar-refractivity contribution is -0.154. The quantitative estimate of drug-likeness (QED) is 0.617. The van der Waals surface area contributed by atoms with Gasteiger partial charge in [-0.2, -0.15) is 0 Å². The van der Waals surface area contributed by atoms with Crippen molar-refractivity contribution in [1.29, 1.82) is 0 Å². The van der Waals surface area contributed by atoms with E-state index in [4.69, 9.17) is 9.47 Å². The van der Waals surface area contributed by atoms with Crippen LogP contribution in [0.15, 0.2) is 28.7 Å². The van der Waals surface area contributed by atoms with Crippen molar-refractivity contribution >= 4 is 28.0 Å². The summed E-state index contributed by atoms with van der Waals surface area (Å²) in [6, 6.07) is 7.97. The summed E-state index contributed by atoms with van der Waals surface area (Å²) >= 11 is 3.48. The molecule has 1 heterocycles. The Bertz CT molecular complexity index is 668. The van der Waals surface area contributed by atoms with Crippen molar-refractivity contribution in [3.63, 3.8) is 0 Å². The average Bonchev–Trinajstić information content (AvgIpc) is 3.00. The summed E-state index contributed by atoms with van der Waals surface area (Å²) in [6.45, 7) is 10.4. The highest BCUT2D eigenvalue weighted by atomic mass is 79.9. The molecular formula is C21H30BrNO4. The van der Waals surface area contributed by atoms with Crippen molar-refractivity contribution in [2.45, 2.75) is 59.2 Å². The zero-order valence-electron chi connectivity index (χ0n) is 16.8. The average molecular weight is 440 g/mol. The zero-order valence-corrected chi connectivity index (χ0v) is 18.4. The largest absolute Gasteiger partial charge is 0.463 e. The van der Waals surface area contributed by atoms with Crippen LogP contribution in [0.5, 0.6) is 0 Å². The van der Waals surface area contributed by atoms with Gasteiger partial charge in [-0.3, -0.25) is 4.79 Å². The fraction of sp³-hybridized carbons (Fsp3) is 0.619. The summed E-state index contributed by atoms with van der Waals surface area (Å²) in [5.41, 5.74) is 0.548. The monoisotopic (exact) mass is 439 g/mol. The first-order chi connectivity index (χ1) is 12.5. The van der Waals surface area contributed by atoms with Crippen LogP contribution in [0.3, 0.4) is 0 Å². The number of rotatable bonds is 5. The molecule has 0 N–H and O–H groups in total. The maximum atomic E-state index is 12.8. The normalized spacial score (nSPS) is 18.5. The van der Waals surface area contributed by atoms with E-state index in [0.717, 1.165) is 16.5 Å². The summed E-state index contributed by atoms with van der Waals surface area (Å²) in [5, 5.41) is 0. The molecule has 27 heavy (non-hydrogen) atoms. The Hall–Kier alpha value is -1.56. The summed E-state index contributed by atoms with van der Waals surface area (Å²) in [6.07, 6.45) is 0.887. The number of likely N-dealkylation sites (tertiary alicyclic amines) is 1. The predicted octanol–water partition coefficient (Wildman–Crippen LogP) is 4.82. The number of carbonyl (C=O) groups excluding carboxylic acids is 2. The summed E-state index contributed by atoms with van der Waals surface area (Å²) in [5.74, 6) is -0.419. The zero-order chi connectivity index (χ0) is 20.2. The van der Waals surface area contributed by atoms with Gasteiger partial charge in [0, 0.05) is 17.6 Å². The Morgan fingerprint density at radius 2 is 2.00 bits per heavy atom. The molecular weight excluding hydrogens is 410 g/mol. The molecule has 6 heteroatoms. The maximum absolute atomic E-state index is 12.8. The van der Waals surface area contributed by atoms with Gasteiger partial charge in [0.05, 0.1) is 12.0 Å². The number of halogens is 1. The van der Waals surface area contributed by atoms with E-state index in [-0.39, 0.29) is 30.0 Å². The number of esters is 1. The molecule has 0 bridgehead atoms. The third kappa shape index (κ3) is 6.83. The van der Waals surface area contributed by atoms with E-state index in [0.29, 0.717) is 19.5 Å². The first kappa shape index (κ1) is 21.7. The van der Waals surface area contributed by atoms with Crippen LogP contribution in [0.1, 0.15) is 46.6 Å². The van der Waals surface area contributed by atoms with Gasteiger partial charge in [0.2, 0.25) is 0 Å². The molecule has 1 amide bonds. The molecule has 1 aliphatic heterocycles. The standard InChI is InChI=1S/C21H30BrNO4/c1-14(2)26-19(24)18(12-15-7-6-8-17(22)11-15)16-9-10-23(13-16)20(25)27-21(3,4)5/h6-8,11,14,16,18H,9-10,12-13H2,1-5H3/t16-,18-/m0/s1. The molecule has 0 radical (unpaired) electrons. The summed E-state index contributed by atoms with van der Waals surface area (Å²) in [7, 11) is 0. The highest BCUT2D eigenvalue weighted by Gasteiger charge is 2.38. The molecule has 0 saturated carbocycles. The predicted molar refractivity (Wildman–Crippen MR) is 108 cm³/mol. The van der Waals surface area contributed by atoms with Crippen LogP contribution in [0, 0.1) is 11.8 Å². The van der Waals surface area contributed by atoms with Gasteiger partial charge in [-0.15, -0.1) is 0 Å². The number of hydrogen-bond acceptors (Lipinski definition) is 4. The van der Waals surface area contributed by atoms with E-state index >= 15 is 0 Å². The Morgan fingerprint density at radius 1 is 1.30 bits per heavy atom. The van der Waals surface area contributed by atoms with E-state index in [9.17, 15) is 9.59 Å². The second-order valence-corrected chi connectivity index (χ2v) is 9.32. The highest BCUT2D eigenvalue weighted by molar-refractivity contribution is 9.10. The number of amides is 1. The smallest absolute Gasteiger partial charge is 0.410 e. The molecule has 1 aliphatic rings. The topological polar surface area (TPSA) is 55.8 Å². The minimum absolute atomic E-state index is 0.0581. The Balaban J connectivity index is 2.11. The third-order valence-corrected chi connectivity index (χ3v) is 4.94.